The third kappa shape index (κ3) is 4.79. The van der Waals surface area contributed by atoms with Crippen LogP contribution in [0.15, 0.2) is 53.6 Å². The van der Waals surface area contributed by atoms with Gasteiger partial charge in [0.2, 0.25) is 0 Å². The van der Waals surface area contributed by atoms with Crippen LogP contribution >= 0.6 is 11.6 Å². The van der Waals surface area contributed by atoms with Crippen molar-refractivity contribution in [3.05, 3.63) is 75.2 Å². The van der Waals surface area contributed by atoms with Crippen LogP contribution in [-0.4, -0.2) is 35.8 Å². The second-order valence-corrected chi connectivity index (χ2v) is 7.69. The van der Waals surface area contributed by atoms with Gasteiger partial charge in [-0.25, -0.2) is 0 Å². The summed E-state index contributed by atoms with van der Waals surface area (Å²) in [6.45, 7) is 3.53. The number of halogens is 1. The number of hydrogen-bond donors (Lipinski definition) is 1. The Bertz CT molecular complexity index is 1430. The average molecular weight is 481 g/mol. The first-order chi connectivity index (χ1) is 16.4. The number of para-hydroxylation sites is 2. The first-order valence-corrected chi connectivity index (χ1v) is 11.1. The van der Waals surface area contributed by atoms with Crippen molar-refractivity contribution in [3.63, 3.8) is 0 Å². The van der Waals surface area contributed by atoms with E-state index in [0.29, 0.717) is 51.3 Å². The Morgan fingerprint density at radius 1 is 0.912 bits per heavy atom. The van der Waals surface area contributed by atoms with Gasteiger partial charge in [0, 0.05) is 30.6 Å². The van der Waals surface area contributed by atoms with E-state index in [1.165, 1.54) is 19.5 Å². The highest BCUT2D eigenvalue weighted by atomic mass is 35.5. The van der Waals surface area contributed by atoms with E-state index in [0.717, 1.165) is 5.39 Å². The van der Waals surface area contributed by atoms with Gasteiger partial charge in [0.1, 0.15) is 17.0 Å². The molecule has 0 aliphatic rings. The molecule has 0 aliphatic carbocycles. The van der Waals surface area contributed by atoms with Crippen LogP contribution in [0.5, 0.6) is 11.5 Å². The Morgan fingerprint density at radius 3 is 2.12 bits per heavy atom. The summed E-state index contributed by atoms with van der Waals surface area (Å²) in [5, 5.41) is 1.66. The summed E-state index contributed by atoms with van der Waals surface area (Å²) in [7, 11) is 3.12. The molecule has 2 heterocycles. The summed E-state index contributed by atoms with van der Waals surface area (Å²) in [5.74, 6) is 1.08. The lowest BCUT2D eigenvalue weighted by Crippen LogP contribution is -2.15. The summed E-state index contributed by atoms with van der Waals surface area (Å²) in [6.07, 6.45) is 3.70. The van der Waals surface area contributed by atoms with Gasteiger partial charge in [0.05, 0.1) is 41.3 Å². The predicted octanol–water partition coefficient (Wildman–Crippen LogP) is 5.62. The van der Waals surface area contributed by atoms with Crippen molar-refractivity contribution >= 4 is 45.0 Å². The van der Waals surface area contributed by atoms with Crippen LogP contribution < -0.4 is 14.9 Å². The zero-order valence-electron chi connectivity index (χ0n) is 19.4. The molecular weight excluding hydrogens is 456 g/mol. The number of rotatable bonds is 6. The lowest BCUT2D eigenvalue weighted by molar-refractivity contribution is 0.0979. The number of hydrogen-bond acceptors (Lipinski definition) is 6. The van der Waals surface area contributed by atoms with E-state index in [1.807, 2.05) is 18.2 Å². The molecule has 4 rings (SSSR count). The lowest BCUT2D eigenvalue weighted by atomic mass is 10.1. The molecule has 0 radical (unpaired) electrons. The first kappa shape index (κ1) is 24.9. The summed E-state index contributed by atoms with van der Waals surface area (Å²) >= 11 is 6.23. The van der Waals surface area contributed by atoms with Crippen LogP contribution in [0, 0.1) is 0 Å². The number of pyridine rings is 2. The number of fused-ring (bicyclic) bond motifs is 2. The van der Waals surface area contributed by atoms with Crippen molar-refractivity contribution in [1.82, 2.24) is 9.97 Å². The highest BCUT2D eigenvalue weighted by Gasteiger charge is 2.14. The van der Waals surface area contributed by atoms with Gasteiger partial charge in [0.15, 0.2) is 17.0 Å². The van der Waals surface area contributed by atoms with E-state index in [9.17, 15) is 14.4 Å². The van der Waals surface area contributed by atoms with Crippen LogP contribution in [0.2, 0.25) is 5.02 Å². The van der Waals surface area contributed by atoms with Crippen molar-refractivity contribution in [2.75, 3.05) is 14.2 Å². The number of ketones is 2. The minimum Gasteiger partial charge on any atom is -0.495 e. The van der Waals surface area contributed by atoms with Gasteiger partial charge in [-0.2, -0.15) is 0 Å². The fourth-order valence-corrected chi connectivity index (χ4v) is 3.81. The monoisotopic (exact) mass is 480 g/mol. The number of methoxy groups -OCH3 is 2. The van der Waals surface area contributed by atoms with E-state index >= 15 is 0 Å². The van der Waals surface area contributed by atoms with Crippen LogP contribution in [0.4, 0.5) is 0 Å². The van der Waals surface area contributed by atoms with Gasteiger partial charge in [-0.15, -0.1) is 0 Å². The van der Waals surface area contributed by atoms with Crippen LogP contribution in [-0.2, 0) is 0 Å². The molecule has 0 bridgehead atoms. The Kier molecular flexibility index (Phi) is 8.02. The number of ether oxygens (including phenoxy) is 2. The van der Waals surface area contributed by atoms with Crippen LogP contribution in [0.25, 0.3) is 21.8 Å². The van der Waals surface area contributed by atoms with E-state index in [1.54, 1.807) is 39.2 Å². The van der Waals surface area contributed by atoms with Crippen molar-refractivity contribution < 1.29 is 19.1 Å². The Labute approximate surface area is 201 Å². The predicted molar refractivity (Wildman–Crippen MR) is 134 cm³/mol. The number of aromatic nitrogens is 2. The zero-order valence-corrected chi connectivity index (χ0v) is 20.2. The third-order valence-electron chi connectivity index (χ3n) is 5.35. The summed E-state index contributed by atoms with van der Waals surface area (Å²) in [5.41, 5.74) is 1.72. The largest absolute Gasteiger partial charge is 0.495 e. The smallest absolute Gasteiger partial charge is 0.200 e. The molecule has 0 aliphatic heterocycles. The summed E-state index contributed by atoms with van der Waals surface area (Å²) in [4.78, 5) is 42.6. The molecule has 0 saturated heterocycles. The molecule has 1 N–H and O–H groups in total. The van der Waals surface area contributed by atoms with Crippen molar-refractivity contribution in [3.8, 4) is 11.5 Å². The van der Waals surface area contributed by atoms with Crippen LogP contribution in [0.1, 0.15) is 47.4 Å². The number of Topliss-reactive ketones (excluding diaryl/α,β-unsaturated/α-hetero) is 2. The fraction of sp³-hybridized carbons (Fsp3) is 0.231. The van der Waals surface area contributed by atoms with Gasteiger partial charge in [-0.1, -0.05) is 43.6 Å². The van der Waals surface area contributed by atoms with Crippen molar-refractivity contribution in [1.29, 1.82) is 0 Å². The lowest BCUT2D eigenvalue weighted by Gasteiger charge is -2.08. The summed E-state index contributed by atoms with van der Waals surface area (Å²) < 4.78 is 10.4. The van der Waals surface area contributed by atoms with Gasteiger partial charge < -0.3 is 14.5 Å². The van der Waals surface area contributed by atoms with Gasteiger partial charge in [0.25, 0.3) is 0 Å². The second-order valence-electron chi connectivity index (χ2n) is 7.31. The molecule has 2 aromatic carbocycles. The fourth-order valence-electron chi connectivity index (χ4n) is 3.50. The molecule has 176 valence electrons. The minimum absolute atomic E-state index is 0.00720. The molecule has 0 atom stereocenters. The molecule has 0 spiro atoms. The third-order valence-corrected chi connectivity index (χ3v) is 5.76. The normalized spacial score (nSPS) is 10.5. The van der Waals surface area contributed by atoms with Gasteiger partial charge in [-0.05, 0) is 18.2 Å². The number of carbonyl (C=O) groups is 2. The number of H-pyrrole nitrogens is 1. The van der Waals surface area contributed by atoms with Crippen molar-refractivity contribution in [2.45, 2.75) is 26.7 Å². The first-order valence-electron chi connectivity index (χ1n) is 10.7. The summed E-state index contributed by atoms with van der Waals surface area (Å²) in [6, 6.07) is 10.7. The number of nitrogens with one attached hydrogen (secondary N) is 1. The Balaban J connectivity index is 0.000000191. The van der Waals surface area contributed by atoms with Gasteiger partial charge >= 0.3 is 0 Å². The molecule has 0 fully saturated rings. The van der Waals surface area contributed by atoms with Crippen LogP contribution in [0.3, 0.4) is 0 Å². The maximum absolute atomic E-state index is 12.1. The average Bonchev–Trinajstić information content (AvgIpc) is 2.88. The number of aromatic amines is 1. The topological polar surface area (TPSA) is 98.4 Å². The van der Waals surface area contributed by atoms with E-state index in [-0.39, 0.29) is 22.6 Å². The molecule has 0 saturated carbocycles. The highest BCUT2D eigenvalue weighted by molar-refractivity contribution is 6.38. The van der Waals surface area contributed by atoms with Crippen molar-refractivity contribution in [2.24, 2.45) is 0 Å². The highest BCUT2D eigenvalue weighted by Crippen LogP contribution is 2.31. The molecule has 0 amide bonds. The second kappa shape index (κ2) is 10.9. The molecule has 4 aromatic rings. The Hall–Kier alpha value is -3.71. The van der Waals surface area contributed by atoms with Gasteiger partial charge in [-0.3, -0.25) is 19.4 Å². The van der Waals surface area contributed by atoms with E-state index < -0.39 is 0 Å². The molecule has 8 heteroatoms. The number of nitrogens with zero attached hydrogens (tertiary/aromatic N) is 1. The minimum atomic E-state index is -0.246. The Morgan fingerprint density at radius 2 is 1.50 bits per heavy atom. The molecule has 2 aromatic heterocycles. The molecular formula is C26H25ClN2O5. The molecule has 7 nitrogen and oxygen atoms in total. The number of benzene rings is 2. The SMILES string of the molecule is CCC(=O)c1c[nH]c2c(OC)cccc2c1=O.CCC(=O)c1cnc2c(OC)cccc2c1Cl. The number of carbonyl (C=O) groups excluding carboxylic acids is 2. The molecule has 34 heavy (non-hydrogen) atoms. The maximum atomic E-state index is 12.1. The standard InChI is InChI=1S/C13H12ClNO2.C13H13NO3/c1-3-10(16)9-7-15-13-8(12(9)14)5-4-6-11(13)17-2;1-3-10(15)9-7-14-12-8(13(9)16)5-4-6-11(12)17-2/h4-7H,3H2,1-2H3;4-7H,3H2,1-2H3,(H,14,16). The van der Waals surface area contributed by atoms with E-state index in [4.69, 9.17) is 21.1 Å². The molecule has 0 unspecified atom stereocenters. The zero-order chi connectivity index (χ0) is 24.8. The van der Waals surface area contributed by atoms with E-state index in [2.05, 4.69) is 9.97 Å². The quantitative estimate of drug-likeness (QED) is 0.360. The maximum Gasteiger partial charge on any atom is 0.200 e.